The number of benzene rings is 1. The molecule has 1 amide bonds. The van der Waals surface area contributed by atoms with E-state index in [2.05, 4.69) is 27.0 Å². The molecule has 0 unspecified atom stereocenters. The van der Waals surface area contributed by atoms with Gasteiger partial charge in [0.2, 0.25) is 11.8 Å². The second kappa shape index (κ2) is 11.5. The largest absolute Gasteiger partial charge is 0.497 e. The first-order valence-corrected chi connectivity index (χ1v) is 14.6. The molecule has 1 aliphatic heterocycles. The van der Waals surface area contributed by atoms with Crippen LogP contribution in [0.5, 0.6) is 5.75 Å². The number of carbonyl (C=O) groups excluding carboxylic acids is 1. The van der Waals surface area contributed by atoms with Crippen LogP contribution >= 0.6 is 0 Å². The van der Waals surface area contributed by atoms with Gasteiger partial charge < -0.3 is 19.1 Å². The molecular weight excluding hydrogens is 494 g/mol. The summed E-state index contributed by atoms with van der Waals surface area (Å²) in [6, 6.07) is 4.06. The SMILES string of the molecule is COc1cc(C)c(S(=O)(=O)Cc2noc(CC(=O)N(C)[C@H]3CCC[C@@H](N4CCN(C)CC4)C3)n2)c(C)c1. The summed E-state index contributed by atoms with van der Waals surface area (Å²) in [5.41, 5.74) is 1.19. The van der Waals surface area contributed by atoms with Crippen molar-refractivity contribution in [3.05, 3.63) is 35.0 Å². The molecule has 1 aliphatic carbocycles. The first-order valence-electron chi connectivity index (χ1n) is 12.9. The van der Waals surface area contributed by atoms with Crippen molar-refractivity contribution in [3.8, 4) is 5.75 Å². The number of methoxy groups -OCH3 is 1. The molecule has 1 aromatic carbocycles. The molecule has 1 aromatic heterocycles. The number of ether oxygens (including phenoxy) is 1. The first-order chi connectivity index (χ1) is 17.6. The summed E-state index contributed by atoms with van der Waals surface area (Å²) >= 11 is 0. The molecule has 2 fully saturated rings. The van der Waals surface area contributed by atoms with Gasteiger partial charge in [0.05, 0.1) is 12.0 Å². The fraction of sp³-hybridized carbons (Fsp3) is 0.654. The third-order valence-electron chi connectivity index (χ3n) is 7.73. The Hall–Kier alpha value is -2.50. The highest BCUT2D eigenvalue weighted by molar-refractivity contribution is 7.90. The van der Waals surface area contributed by atoms with Gasteiger partial charge in [0.25, 0.3) is 0 Å². The Balaban J connectivity index is 1.36. The zero-order chi connectivity index (χ0) is 26.7. The van der Waals surface area contributed by atoms with Crippen LogP contribution in [0.1, 0.15) is 48.5 Å². The average Bonchev–Trinajstić information content (AvgIpc) is 3.29. The summed E-state index contributed by atoms with van der Waals surface area (Å²) in [6.45, 7) is 7.80. The maximum atomic E-state index is 13.1. The smallest absolute Gasteiger partial charge is 0.236 e. The number of piperazine rings is 1. The fourth-order valence-electron chi connectivity index (χ4n) is 5.65. The van der Waals surface area contributed by atoms with E-state index < -0.39 is 15.6 Å². The Kier molecular flexibility index (Phi) is 8.55. The van der Waals surface area contributed by atoms with Gasteiger partial charge in [-0.25, -0.2) is 8.42 Å². The number of likely N-dealkylation sites (N-methyl/N-ethyl adjacent to an activating group) is 2. The fourth-order valence-corrected chi connectivity index (χ4v) is 7.35. The highest BCUT2D eigenvalue weighted by Gasteiger charge is 2.32. The summed E-state index contributed by atoms with van der Waals surface area (Å²) in [5.74, 6) is 0.295. The maximum absolute atomic E-state index is 13.1. The van der Waals surface area contributed by atoms with E-state index in [1.165, 1.54) is 6.42 Å². The van der Waals surface area contributed by atoms with Crippen LogP contribution in [0.25, 0.3) is 0 Å². The third-order valence-corrected chi connectivity index (χ3v) is 9.63. The van der Waals surface area contributed by atoms with Crippen LogP contribution in [0.3, 0.4) is 0 Å². The van der Waals surface area contributed by atoms with E-state index >= 15 is 0 Å². The average molecular weight is 534 g/mol. The van der Waals surface area contributed by atoms with E-state index in [4.69, 9.17) is 9.26 Å². The van der Waals surface area contributed by atoms with E-state index in [1.807, 2.05) is 11.9 Å². The van der Waals surface area contributed by atoms with Gasteiger partial charge in [0.1, 0.15) is 17.9 Å². The van der Waals surface area contributed by atoms with Gasteiger partial charge in [-0.05, 0) is 69.8 Å². The van der Waals surface area contributed by atoms with Gasteiger partial charge in [-0.3, -0.25) is 9.69 Å². The van der Waals surface area contributed by atoms with Crippen LogP contribution in [0.2, 0.25) is 0 Å². The second-order valence-corrected chi connectivity index (χ2v) is 12.4. The second-order valence-electron chi connectivity index (χ2n) is 10.4. The van der Waals surface area contributed by atoms with Crippen molar-refractivity contribution in [3.63, 3.8) is 0 Å². The van der Waals surface area contributed by atoms with Crippen molar-refractivity contribution in [2.75, 3.05) is 47.4 Å². The minimum absolute atomic E-state index is 0.0419. The Morgan fingerprint density at radius 3 is 2.49 bits per heavy atom. The van der Waals surface area contributed by atoms with E-state index in [9.17, 15) is 13.2 Å². The number of carbonyl (C=O) groups is 1. The van der Waals surface area contributed by atoms with Crippen LogP contribution in [0.4, 0.5) is 0 Å². The number of amides is 1. The topological polar surface area (TPSA) is 109 Å². The molecule has 2 atom stereocenters. The Bertz CT molecular complexity index is 1180. The summed E-state index contributed by atoms with van der Waals surface area (Å²) in [7, 11) is 1.83. The van der Waals surface area contributed by atoms with Gasteiger partial charge in [0, 0.05) is 45.3 Å². The van der Waals surface area contributed by atoms with Crippen molar-refractivity contribution in [2.45, 2.75) is 68.7 Å². The number of nitrogens with zero attached hydrogens (tertiary/aromatic N) is 5. The lowest BCUT2D eigenvalue weighted by Gasteiger charge is -2.43. The third kappa shape index (κ3) is 6.50. The molecule has 4 rings (SSSR count). The maximum Gasteiger partial charge on any atom is 0.236 e. The van der Waals surface area contributed by atoms with E-state index in [0.717, 1.165) is 45.4 Å². The van der Waals surface area contributed by atoms with Crippen molar-refractivity contribution < 1.29 is 22.5 Å². The number of hydrogen-bond acceptors (Lipinski definition) is 9. The number of aromatic nitrogens is 2. The highest BCUT2D eigenvalue weighted by Crippen LogP contribution is 2.29. The first kappa shape index (κ1) is 27.5. The number of sulfone groups is 1. The molecule has 2 heterocycles. The molecule has 0 N–H and O–H groups in total. The zero-order valence-corrected chi connectivity index (χ0v) is 23.4. The molecule has 0 radical (unpaired) electrons. The molecule has 10 nitrogen and oxygen atoms in total. The van der Waals surface area contributed by atoms with Gasteiger partial charge in [-0.1, -0.05) is 5.16 Å². The predicted molar refractivity (Wildman–Crippen MR) is 139 cm³/mol. The van der Waals surface area contributed by atoms with Crippen LogP contribution in [0.15, 0.2) is 21.6 Å². The molecule has 0 bridgehead atoms. The lowest BCUT2D eigenvalue weighted by Crippen LogP contribution is -2.52. The molecular formula is C26H39N5O5S. The number of hydrogen-bond donors (Lipinski definition) is 0. The van der Waals surface area contributed by atoms with Crippen molar-refractivity contribution in [2.24, 2.45) is 0 Å². The number of aryl methyl sites for hydroxylation is 2. The normalized spacial score (nSPS) is 21.6. The van der Waals surface area contributed by atoms with Gasteiger partial charge in [-0.15, -0.1) is 0 Å². The Labute approximate surface area is 219 Å². The number of rotatable bonds is 8. The van der Waals surface area contributed by atoms with Crippen LogP contribution in [-0.2, 0) is 26.8 Å². The van der Waals surface area contributed by atoms with Crippen LogP contribution < -0.4 is 4.74 Å². The summed E-state index contributed by atoms with van der Waals surface area (Å²) in [5, 5.41) is 3.85. The summed E-state index contributed by atoms with van der Waals surface area (Å²) in [6.07, 6.45) is 4.20. The molecule has 1 saturated heterocycles. The molecule has 11 heteroatoms. The summed E-state index contributed by atoms with van der Waals surface area (Å²) in [4.78, 5) is 24.3. The lowest BCUT2D eigenvalue weighted by molar-refractivity contribution is -0.132. The Morgan fingerprint density at radius 1 is 1.16 bits per heavy atom. The quantitative estimate of drug-likeness (QED) is 0.505. The van der Waals surface area contributed by atoms with Gasteiger partial charge in [0.15, 0.2) is 15.7 Å². The van der Waals surface area contributed by atoms with Crippen molar-refractivity contribution in [1.82, 2.24) is 24.8 Å². The van der Waals surface area contributed by atoms with E-state index in [0.29, 0.717) is 22.9 Å². The van der Waals surface area contributed by atoms with E-state index in [1.54, 1.807) is 33.1 Å². The van der Waals surface area contributed by atoms with Crippen molar-refractivity contribution in [1.29, 1.82) is 0 Å². The molecule has 204 valence electrons. The lowest BCUT2D eigenvalue weighted by atomic mass is 9.88. The molecule has 2 aromatic rings. The monoisotopic (exact) mass is 533 g/mol. The van der Waals surface area contributed by atoms with E-state index in [-0.39, 0.29) is 35.0 Å². The standard InChI is InChI=1S/C26H39N5O5S/c1-18-13-22(35-5)14-19(2)26(18)37(33,34)17-23-27-24(36-28-23)16-25(32)30(4)20-7-6-8-21(15-20)31-11-9-29(3)10-12-31/h13-14,20-21H,6-12,15-17H2,1-5H3/t20-,21+/m0/s1. The van der Waals surface area contributed by atoms with Crippen LogP contribution in [-0.4, -0.2) is 98.6 Å². The Morgan fingerprint density at radius 2 is 1.84 bits per heavy atom. The van der Waals surface area contributed by atoms with Crippen molar-refractivity contribution >= 4 is 15.7 Å². The molecule has 1 saturated carbocycles. The minimum Gasteiger partial charge on any atom is -0.497 e. The van der Waals surface area contributed by atoms with Gasteiger partial charge >= 0.3 is 0 Å². The highest BCUT2D eigenvalue weighted by atomic mass is 32.2. The van der Waals surface area contributed by atoms with Crippen LogP contribution in [0, 0.1) is 13.8 Å². The molecule has 37 heavy (non-hydrogen) atoms. The summed E-state index contributed by atoms with van der Waals surface area (Å²) < 4.78 is 36.8. The minimum atomic E-state index is -3.71. The predicted octanol–water partition coefficient (Wildman–Crippen LogP) is 2.23. The zero-order valence-electron chi connectivity index (χ0n) is 22.6. The van der Waals surface area contributed by atoms with Gasteiger partial charge in [-0.2, -0.15) is 4.98 Å². The molecule has 0 spiro atoms. The molecule has 2 aliphatic rings.